The highest BCUT2D eigenvalue weighted by Gasteiger charge is 1.83. The quantitative estimate of drug-likeness (QED) is 0.376. The highest BCUT2D eigenvalue weighted by Crippen LogP contribution is 1.98. The Morgan fingerprint density at radius 3 is 2.00 bits per heavy atom. The van der Waals surface area contributed by atoms with Gasteiger partial charge in [0.1, 0.15) is 0 Å². The van der Waals surface area contributed by atoms with Crippen molar-refractivity contribution < 1.29 is 0 Å². The summed E-state index contributed by atoms with van der Waals surface area (Å²) < 4.78 is 0. The molecule has 0 N–H and O–H groups in total. The molecule has 0 nitrogen and oxygen atoms in total. The minimum Gasteiger partial charge on any atom is -0.0917 e. The molecular weight excluding hydrogens is 94.9 g/mol. The lowest BCUT2D eigenvalue weighted by Crippen LogP contribution is -1.79. The van der Waals surface area contributed by atoms with Crippen LogP contribution in [0, 0.1) is 5.92 Å². The molecule has 0 aliphatic rings. The highest BCUT2D eigenvalue weighted by atomic mass is 13.9. The van der Waals surface area contributed by atoms with Gasteiger partial charge in [-0.15, -0.1) is 0 Å². The lowest BCUT2D eigenvalue weighted by molar-refractivity contribution is 0.663. The Morgan fingerprint density at radius 2 is 1.88 bits per heavy atom. The summed E-state index contributed by atoms with van der Waals surface area (Å²) in [5.41, 5.74) is 0. The molecule has 0 aliphatic heterocycles. The molecule has 0 aliphatic carbocycles. The van der Waals surface area contributed by atoms with E-state index in [4.69, 9.17) is 0 Å². The first kappa shape index (κ1) is 10.7. The van der Waals surface area contributed by atoms with E-state index < -0.39 is 0 Å². The zero-order valence-electron chi connectivity index (χ0n) is 6.02. The molecular formula is C7H14B. The monoisotopic (exact) mass is 109 g/mol. The fourth-order valence-electron chi connectivity index (χ4n) is 0.408. The van der Waals surface area contributed by atoms with Crippen LogP contribution in [0.15, 0.2) is 12.2 Å². The molecule has 0 fully saturated rings. The topological polar surface area (TPSA) is 0 Å². The van der Waals surface area contributed by atoms with Crippen molar-refractivity contribution in [3.05, 3.63) is 12.2 Å². The molecule has 45 valence electrons. The second kappa shape index (κ2) is 6.80. The maximum absolute atomic E-state index is 2.22. The van der Waals surface area contributed by atoms with Crippen LogP contribution in [0.1, 0.15) is 27.2 Å². The van der Waals surface area contributed by atoms with Crippen molar-refractivity contribution in [2.45, 2.75) is 27.2 Å². The maximum Gasteiger partial charge on any atom is 0 e. The normalized spacial score (nSPS) is 10.0. The number of rotatable bonds is 2. The van der Waals surface area contributed by atoms with E-state index in [0.29, 0.717) is 0 Å². The number of hydrogen-bond acceptors (Lipinski definition) is 0. The van der Waals surface area contributed by atoms with Crippen LogP contribution in [-0.2, 0) is 0 Å². The molecule has 0 rings (SSSR count). The summed E-state index contributed by atoms with van der Waals surface area (Å²) in [5.74, 6) is 0.816. The summed E-state index contributed by atoms with van der Waals surface area (Å²) in [4.78, 5) is 0. The minimum absolute atomic E-state index is 0. The summed E-state index contributed by atoms with van der Waals surface area (Å²) in [7, 11) is 0. The van der Waals surface area contributed by atoms with Crippen molar-refractivity contribution in [1.82, 2.24) is 0 Å². The van der Waals surface area contributed by atoms with Crippen LogP contribution in [-0.4, -0.2) is 8.41 Å². The summed E-state index contributed by atoms with van der Waals surface area (Å²) >= 11 is 0. The van der Waals surface area contributed by atoms with E-state index >= 15 is 0 Å². The number of allylic oxidation sites excluding steroid dienone is 2. The van der Waals surface area contributed by atoms with E-state index in [1.165, 1.54) is 6.42 Å². The average molecular weight is 109 g/mol. The summed E-state index contributed by atoms with van der Waals surface area (Å²) in [6, 6.07) is 0. The first-order chi connectivity index (χ1) is 3.27. The predicted octanol–water partition coefficient (Wildman–Crippen LogP) is 2.23. The summed E-state index contributed by atoms with van der Waals surface area (Å²) in [5, 5.41) is 0. The van der Waals surface area contributed by atoms with Crippen LogP contribution >= 0.6 is 0 Å². The van der Waals surface area contributed by atoms with Gasteiger partial charge in [-0.2, -0.15) is 0 Å². The molecule has 0 aromatic heterocycles. The zero-order chi connectivity index (χ0) is 5.70. The Bertz CT molecular complexity index is 55.4. The van der Waals surface area contributed by atoms with Gasteiger partial charge in [0, 0.05) is 8.41 Å². The van der Waals surface area contributed by atoms with Gasteiger partial charge in [0.05, 0.1) is 0 Å². The van der Waals surface area contributed by atoms with E-state index in [2.05, 4.69) is 32.9 Å². The molecule has 0 unspecified atom stereocenters. The van der Waals surface area contributed by atoms with Gasteiger partial charge in [-0.25, -0.2) is 0 Å². The Labute approximate surface area is 54.6 Å². The molecule has 0 saturated heterocycles. The predicted molar refractivity (Wildman–Crippen MR) is 40.0 cm³/mol. The van der Waals surface area contributed by atoms with E-state index in [1.807, 2.05) is 0 Å². The van der Waals surface area contributed by atoms with Crippen LogP contribution in [0.5, 0.6) is 0 Å². The van der Waals surface area contributed by atoms with Crippen LogP contribution in [0.2, 0.25) is 0 Å². The third-order valence-electron chi connectivity index (χ3n) is 0.843. The van der Waals surface area contributed by atoms with Crippen molar-refractivity contribution in [1.29, 1.82) is 0 Å². The minimum atomic E-state index is 0. The molecule has 8 heavy (non-hydrogen) atoms. The van der Waals surface area contributed by atoms with Crippen LogP contribution in [0.25, 0.3) is 0 Å². The number of hydrogen-bond donors (Lipinski definition) is 0. The Morgan fingerprint density at radius 1 is 1.38 bits per heavy atom. The summed E-state index contributed by atoms with van der Waals surface area (Å²) in [6.45, 7) is 6.50. The second-order valence-electron chi connectivity index (χ2n) is 2.20. The van der Waals surface area contributed by atoms with Gasteiger partial charge in [0.2, 0.25) is 0 Å². The Hall–Kier alpha value is -0.195. The van der Waals surface area contributed by atoms with Gasteiger partial charge in [0.25, 0.3) is 0 Å². The van der Waals surface area contributed by atoms with Crippen molar-refractivity contribution in [2.75, 3.05) is 0 Å². The SMILES string of the molecule is C/C=C/CC(C)C.[B]. The maximum atomic E-state index is 2.22. The zero-order valence-corrected chi connectivity index (χ0v) is 6.02. The fraction of sp³-hybridized carbons (Fsp3) is 0.714. The molecule has 0 atom stereocenters. The molecule has 0 saturated carbocycles. The molecule has 0 bridgehead atoms. The Balaban J connectivity index is 0. The molecule has 0 aromatic rings. The first-order valence-electron chi connectivity index (χ1n) is 2.88. The van der Waals surface area contributed by atoms with Crippen LogP contribution in [0.3, 0.4) is 0 Å². The van der Waals surface area contributed by atoms with Gasteiger partial charge < -0.3 is 0 Å². The van der Waals surface area contributed by atoms with Crippen molar-refractivity contribution in [3.8, 4) is 0 Å². The second-order valence-corrected chi connectivity index (χ2v) is 2.20. The molecule has 0 heterocycles. The van der Waals surface area contributed by atoms with Crippen molar-refractivity contribution in [3.63, 3.8) is 0 Å². The average Bonchev–Trinajstić information content (AvgIpc) is 1.61. The lowest BCUT2D eigenvalue weighted by atomic mass is 10.1. The molecule has 1 heteroatoms. The third-order valence-corrected chi connectivity index (χ3v) is 0.843. The molecule has 0 aromatic carbocycles. The van der Waals surface area contributed by atoms with E-state index in [9.17, 15) is 0 Å². The van der Waals surface area contributed by atoms with Crippen molar-refractivity contribution >= 4 is 8.41 Å². The van der Waals surface area contributed by atoms with E-state index in [1.54, 1.807) is 0 Å². The summed E-state index contributed by atoms with van der Waals surface area (Å²) in [6.07, 6.45) is 5.52. The van der Waals surface area contributed by atoms with E-state index in [0.717, 1.165) is 5.92 Å². The lowest BCUT2D eigenvalue weighted by Gasteiger charge is -1.93. The largest absolute Gasteiger partial charge is 0.0917 e. The van der Waals surface area contributed by atoms with Gasteiger partial charge >= 0.3 is 0 Å². The van der Waals surface area contributed by atoms with Gasteiger partial charge in [-0.3, -0.25) is 0 Å². The smallest absolute Gasteiger partial charge is 0 e. The van der Waals surface area contributed by atoms with Gasteiger partial charge in [0.15, 0.2) is 0 Å². The van der Waals surface area contributed by atoms with Crippen LogP contribution in [0.4, 0.5) is 0 Å². The highest BCUT2D eigenvalue weighted by molar-refractivity contribution is 5.75. The first-order valence-corrected chi connectivity index (χ1v) is 2.88. The standard InChI is InChI=1S/C7H14.B/c1-4-5-6-7(2)3;/h4-5,7H,6H2,1-3H3;/b5-4+;. The van der Waals surface area contributed by atoms with E-state index in [-0.39, 0.29) is 8.41 Å². The van der Waals surface area contributed by atoms with Crippen LogP contribution < -0.4 is 0 Å². The molecule has 0 amide bonds. The molecule has 0 spiro atoms. The third kappa shape index (κ3) is 9.26. The Kier molecular flexibility index (Phi) is 9.12. The fourth-order valence-corrected chi connectivity index (χ4v) is 0.408. The van der Waals surface area contributed by atoms with Gasteiger partial charge in [-0.1, -0.05) is 26.0 Å². The van der Waals surface area contributed by atoms with Gasteiger partial charge in [-0.05, 0) is 19.3 Å². The van der Waals surface area contributed by atoms with Crippen molar-refractivity contribution in [2.24, 2.45) is 5.92 Å². The molecule has 3 radical (unpaired) electrons.